The monoisotopic (exact) mass is 536 g/mol. The van der Waals surface area contributed by atoms with Gasteiger partial charge in [0.2, 0.25) is 5.91 Å². The molecule has 0 unspecified atom stereocenters. The molecule has 5 rings (SSSR count). The van der Waals surface area contributed by atoms with Crippen molar-refractivity contribution in [3.63, 3.8) is 0 Å². The normalized spacial score (nSPS) is 20.1. The fourth-order valence-electron chi connectivity index (χ4n) is 5.53. The molecule has 1 saturated heterocycles. The highest BCUT2D eigenvalue weighted by Crippen LogP contribution is 2.43. The van der Waals surface area contributed by atoms with Crippen LogP contribution in [-0.4, -0.2) is 67.9 Å². The van der Waals surface area contributed by atoms with Crippen molar-refractivity contribution in [2.75, 3.05) is 51.2 Å². The molecule has 194 valence electrons. The SMILES string of the molecule is Cc1ccc(Cl)cc1N1CCN(CCCNC(=O)[C@H]2c3ccccc3C(=O)N(C)[C@@H]2c2cccs2)CC1. The summed E-state index contributed by atoms with van der Waals surface area (Å²) < 4.78 is 0. The Morgan fingerprint density at radius 1 is 1.08 bits per heavy atom. The van der Waals surface area contributed by atoms with Crippen LogP contribution in [-0.2, 0) is 4.79 Å². The van der Waals surface area contributed by atoms with Gasteiger partial charge >= 0.3 is 0 Å². The van der Waals surface area contributed by atoms with Gasteiger partial charge in [0.05, 0.1) is 12.0 Å². The zero-order valence-corrected chi connectivity index (χ0v) is 22.9. The largest absolute Gasteiger partial charge is 0.369 e. The van der Waals surface area contributed by atoms with Crippen LogP contribution in [0.5, 0.6) is 0 Å². The number of halogens is 1. The van der Waals surface area contributed by atoms with Gasteiger partial charge < -0.3 is 15.1 Å². The van der Waals surface area contributed by atoms with Gasteiger partial charge in [-0.3, -0.25) is 14.5 Å². The molecule has 6 nitrogen and oxygen atoms in total. The molecule has 3 aromatic rings. The van der Waals surface area contributed by atoms with Crippen molar-refractivity contribution >= 4 is 40.4 Å². The van der Waals surface area contributed by atoms with Crippen LogP contribution in [0, 0.1) is 6.92 Å². The van der Waals surface area contributed by atoms with Crippen molar-refractivity contribution in [2.45, 2.75) is 25.3 Å². The van der Waals surface area contributed by atoms with Gasteiger partial charge in [-0.05, 0) is 60.7 Å². The minimum Gasteiger partial charge on any atom is -0.369 e. The van der Waals surface area contributed by atoms with Gasteiger partial charge in [-0.25, -0.2) is 0 Å². The van der Waals surface area contributed by atoms with E-state index in [1.807, 2.05) is 47.8 Å². The lowest BCUT2D eigenvalue weighted by molar-refractivity contribution is -0.124. The third kappa shape index (κ3) is 5.40. The maximum atomic E-state index is 13.6. The number of aryl methyl sites for hydroxylation is 1. The summed E-state index contributed by atoms with van der Waals surface area (Å²) in [6.07, 6.45) is 0.884. The number of benzene rings is 2. The van der Waals surface area contributed by atoms with E-state index in [-0.39, 0.29) is 17.9 Å². The van der Waals surface area contributed by atoms with E-state index in [0.717, 1.165) is 54.6 Å². The fraction of sp³-hybridized carbons (Fsp3) is 0.379. The first kappa shape index (κ1) is 25.8. The molecule has 2 aliphatic rings. The Balaban J connectivity index is 1.17. The average Bonchev–Trinajstić information content (AvgIpc) is 3.45. The van der Waals surface area contributed by atoms with E-state index in [2.05, 4.69) is 34.2 Å². The van der Waals surface area contributed by atoms with Crippen molar-refractivity contribution in [3.05, 3.63) is 86.6 Å². The zero-order valence-electron chi connectivity index (χ0n) is 21.3. The number of thiophene rings is 1. The van der Waals surface area contributed by atoms with Crippen LogP contribution in [0.3, 0.4) is 0 Å². The summed E-state index contributed by atoms with van der Waals surface area (Å²) in [5, 5.41) is 5.96. The van der Waals surface area contributed by atoms with E-state index < -0.39 is 5.92 Å². The van der Waals surface area contributed by atoms with Crippen LogP contribution in [0.2, 0.25) is 5.02 Å². The van der Waals surface area contributed by atoms with Crippen LogP contribution < -0.4 is 10.2 Å². The second-order valence-corrected chi connectivity index (χ2v) is 11.3. The number of nitrogens with zero attached hydrogens (tertiary/aromatic N) is 3. The molecule has 0 saturated carbocycles. The number of fused-ring (bicyclic) bond motifs is 1. The van der Waals surface area contributed by atoms with E-state index in [1.54, 1.807) is 23.3 Å². The highest BCUT2D eigenvalue weighted by molar-refractivity contribution is 7.10. The predicted molar refractivity (Wildman–Crippen MR) is 151 cm³/mol. The number of piperazine rings is 1. The van der Waals surface area contributed by atoms with Crippen LogP contribution in [0.1, 0.15) is 44.7 Å². The van der Waals surface area contributed by atoms with Crippen LogP contribution in [0.4, 0.5) is 5.69 Å². The summed E-state index contributed by atoms with van der Waals surface area (Å²) in [4.78, 5) is 34.2. The minimum atomic E-state index is -0.429. The summed E-state index contributed by atoms with van der Waals surface area (Å²) >= 11 is 7.81. The Bertz CT molecular complexity index is 1260. The van der Waals surface area contributed by atoms with E-state index in [1.165, 1.54) is 11.3 Å². The number of amides is 2. The molecular formula is C29H33ClN4O2S. The Morgan fingerprint density at radius 2 is 1.86 bits per heavy atom. The maximum Gasteiger partial charge on any atom is 0.254 e. The first-order valence-electron chi connectivity index (χ1n) is 12.8. The summed E-state index contributed by atoms with van der Waals surface area (Å²) in [5.41, 5.74) is 3.90. The van der Waals surface area contributed by atoms with Crippen LogP contribution >= 0.6 is 22.9 Å². The van der Waals surface area contributed by atoms with Gasteiger partial charge in [0.1, 0.15) is 0 Å². The van der Waals surface area contributed by atoms with Gasteiger partial charge in [0.15, 0.2) is 0 Å². The number of hydrogen-bond donors (Lipinski definition) is 1. The highest BCUT2D eigenvalue weighted by Gasteiger charge is 2.42. The van der Waals surface area contributed by atoms with Gasteiger partial charge in [0.25, 0.3) is 5.91 Å². The second kappa shape index (κ2) is 11.3. The Morgan fingerprint density at radius 3 is 2.62 bits per heavy atom. The van der Waals surface area contributed by atoms with Crippen LogP contribution in [0.15, 0.2) is 60.0 Å². The number of likely N-dealkylation sites (N-methyl/N-ethyl adjacent to an activating group) is 1. The molecular weight excluding hydrogens is 504 g/mol. The summed E-state index contributed by atoms with van der Waals surface area (Å²) in [7, 11) is 1.80. The molecule has 0 aliphatic carbocycles. The number of anilines is 1. The molecule has 0 radical (unpaired) electrons. The van der Waals surface area contributed by atoms with Crippen molar-refractivity contribution < 1.29 is 9.59 Å². The molecule has 0 bridgehead atoms. The number of carbonyl (C=O) groups excluding carboxylic acids is 2. The van der Waals surface area contributed by atoms with Crippen molar-refractivity contribution in [3.8, 4) is 0 Å². The first-order chi connectivity index (χ1) is 17.9. The lowest BCUT2D eigenvalue weighted by Gasteiger charge is -2.39. The van der Waals surface area contributed by atoms with Crippen molar-refractivity contribution in [1.29, 1.82) is 0 Å². The molecule has 1 aromatic heterocycles. The van der Waals surface area contributed by atoms with Gasteiger partial charge in [-0.1, -0.05) is 41.9 Å². The van der Waals surface area contributed by atoms with Crippen molar-refractivity contribution in [1.82, 2.24) is 15.1 Å². The van der Waals surface area contributed by atoms with E-state index in [4.69, 9.17) is 11.6 Å². The molecule has 37 heavy (non-hydrogen) atoms. The Kier molecular flexibility index (Phi) is 7.84. The average molecular weight is 537 g/mol. The molecule has 1 fully saturated rings. The van der Waals surface area contributed by atoms with E-state index >= 15 is 0 Å². The predicted octanol–water partition coefficient (Wildman–Crippen LogP) is 4.95. The second-order valence-electron chi connectivity index (χ2n) is 9.85. The molecule has 2 aromatic carbocycles. The molecule has 0 spiro atoms. The Labute approximate surface area is 227 Å². The lowest BCUT2D eigenvalue weighted by Crippen LogP contribution is -2.47. The molecule has 2 aliphatic heterocycles. The van der Waals surface area contributed by atoms with Gasteiger partial charge in [-0.15, -0.1) is 11.3 Å². The number of rotatable bonds is 7. The number of carbonyl (C=O) groups is 2. The number of nitrogens with one attached hydrogen (secondary N) is 1. The smallest absolute Gasteiger partial charge is 0.254 e. The zero-order chi connectivity index (χ0) is 25.9. The fourth-order valence-corrected chi connectivity index (χ4v) is 6.60. The Hall–Kier alpha value is -2.87. The molecule has 2 atom stereocenters. The molecule has 1 N–H and O–H groups in total. The number of hydrogen-bond acceptors (Lipinski definition) is 5. The third-order valence-electron chi connectivity index (χ3n) is 7.53. The van der Waals surface area contributed by atoms with Gasteiger partial charge in [0, 0.05) is 60.9 Å². The molecule has 2 amide bonds. The maximum absolute atomic E-state index is 13.6. The van der Waals surface area contributed by atoms with Crippen LogP contribution in [0.25, 0.3) is 0 Å². The minimum absolute atomic E-state index is 0.0218. The highest BCUT2D eigenvalue weighted by atomic mass is 35.5. The summed E-state index contributed by atoms with van der Waals surface area (Å²) in [6, 6.07) is 17.3. The topological polar surface area (TPSA) is 55.9 Å². The van der Waals surface area contributed by atoms with Crippen molar-refractivity contribution in [2.24, 2.45) is 0 Å². The van der Waals surface area contributed by atoms with Gasteiger partial charge in [-0.2, -0.15) is 0 Å². The molecule has 8 heteroatoms. The lowest BCUT2D eigenvalue weighted by atomic mass is 9.81. The third-order valence-corrected chi connectivity index (χ3v) is 8.71. The van der Waals surface area contributed by atoms with E-state index in [0.29, 0.717) is 12.1 Å². The molecule has 3 heterocycles. The summed E-state index contributed by atoms with van der Waals surface area (Å²) in [6.45, 7) is 7.59. The van der Waals surface area contributed by atoms with E-state index in [9.17, 15) is 9.59 Å². The standard InChI is InChI=1S/C29H33ClN4O2S/c1-20-10-11-21(30)19-24(20)34-16-14-33(15-17-34)13-6-12-31-28(35)26-22-7-3-4-8-23(22)29(36)32(2)27(26)25-9-5-18-37-25/h3-5,7-11,18-19,26-27H,6,12-17H2,1-2H3,(H,31,35)/t26-,27+/m0/s1. The quantitative estimate of drug-likeness (QED) is 0.434. The summed E-state index contributed by atoms with van der Waals surface area (Å²) in [5.74, 6) is -0.487. The first-order valence-corrected chi connectivity index (χ1v) is 14.1.